The Hall–Kier alpha value is -2.28. The monoisotopic (exact) mass is 372 g/mol. The van der Waals surface area contributed by atoms with E-state index in [0.29, 0.717) is 5.02 Å². The normalized spacial score (nSPS) is 11.3. The van der Waals surface area contributed by atoms with Crippen LogP contribution in [0.25, 0.3) is 0 Å². The molecule has 4 nitrogen and oxygen atoms in total. The molecule has 0 spiro atoms. The van der Waals surface area contributed by atoms with Crippen molar-refractivity contribution in [2.24, 2.45) is 0 Å². The van der Waals surface area contributed by atoms with Crippen LogP contribution in [0.5, 0.6) is 5.88 Å². The molecule has 1 amide bonds. The van der Waals surface area contributed by atoms with Gasteiger partial charge in [0.05, 0.1) is 17.7 Å². The molecule has 0 saturated heterocycles. The van der Waals surface area contributed by atoms with Crippen molar-refractivity contribution in [1.82, 2.24) is 9.88 Å². The van der Waals surface area contributed by atoms with E-state index in [1.54, 1.807) is 31.2 Å². The molecule has 0 fully saturated rings. The van der Waals surface area contributed by atoms with Gasteiger partial charge in [0.1, 0.15) is 0 Å². The van der Waals surface area contributed by atoms with Crippen LogP contribution in [-0.4, -0.2) is 29.4 Å². The number of pyridine rings is 1. The molecule has 2 rings (SSSR count). The maximum atomic E-state index is 13.3. The highest BCUT2D eigenvalue weighted by Crippen LogP contribution is 2.34. The molecule has 0 aliphatic carbocycles. The molecule has 1 aromatic carbocycles. The lowest BCUT2D eigenvalue weighted by molar-refractivity contribution is -0.138. The van der Waals surface area contributed by atoms with Crippen molar-refractivity contribution >= 4 is 17.5 Å². The Balaban J connectivity index is 2.29. The van der Waals surface area contributed by atoms with Crippen LogP contribution in [0.4, 0.5) is 13.2 Å². The average molecular weight is 373 g/mol. The van der Waals surface area contributed by atoms with Gasteiger partial charge in [-0.3, -0.25) is 4.79 Å². The third-order valence-electron chi connectivity index (χ3n) is 3.39. The summed E-state index contributed by atoms with van der Waals surface area (Å²) in [6.07, 6.45) is -3.80. The Kier molecular flexibility index (Phi) is 5.89. The Morgan fingerprint density at radius 3 is 2.48 bits per heavy atom. The van der Waals surface area contributed by atoms with Gasteiger partial charge in [0, 0.05) is 30.9 Å². The zero-order chi connectivity index (χ0) is 18.6. The summed E-state index contributed by atoms with van der Waals surface area (Å²) >= 11 is 5.79. The van der Waals surface area contributed by atoms with Crippen molar-refractivity contribution in [1.29, 1.82) is 0 Å². The van der Waals surface area contributed by atoms with E-state index in [9.17, 15) is 18.0 Å². The number of alkyl halides is 3. The number of halogens is 4. The maximum absolute atomic E-state index is 13.3. The molecule has 1 heterocycles. The Morgan fingerprint density at radius 2 is 1.92 bits per heavy atom. The van der Waals surface area contributed by atoms with Gasteiger partial charge in [-0.15, -0.1) is 0 Å². The van der Waals surface area contributed by atoms with E-state index >= 15 is 0 Å². The first-order chi connectivity index (χ1) is 11.7. The fraction of sp³-hybridized carbons (Fsp3) is 0.294. The van der Waals surface area contributed by atoms with E-state index < -0.39 is 23.2 Å². The largest absolute Gasteiger partial charge is 0.478 e. The van der Waals surface area contributed by atoms with Crippen molar-refractivity contribution in [3.05, 3.63) is 58.2 Å². The second-order valence-corrected chi connectivity index (χ2v) is 5.72. The summed E-state index contributed by atoms with van der Waals surface area (Å²) in [4.78, 5) is 17.4. The minimum absolute atomic E-state index is 0.139. The summed E-state index contributed by atoms with van der Waals surface area (Å²) in [5.74, 6) is -0.954. The summed E-state index contributed by atoms with van der Waals surface area (Å²) in [6.45, 7) is 1.95. The van der Waals surface area contributed by atoms with E-state index in [0.717, 1.165) is 17.8 Å². The fourth-order valence-electron chi connectivity index (χ4n) is 2.21. The third kappa shape index (κ3) is 4.85. The van der Waals surface area contributed by atoms with Crippen LogP contribution in [-0.2, 0) is 12.7 Å². The summed E-state index contributed by atoms with van der Waals surface area (Å²) < 4.78 is 44.9. The van der Waals surface area contributed by atoms with E-state index in [-0.39, 0.29) is 19.0 Å². The zero-order valence-electron chi connectivity index (χ0n) is 13.6. The lowest BCUT2D eigenvalue weighted by atomic mass is 10.1. The van der Waals surface area contributed by atoms with Crippen LogP contribution in [0.2, 0.25) is 5.02 Å². The number of benzene rings is 1. The van der Waals surface area contributed by atoms with Crippen LogP contribution in [0.1, 0.15) is 28.4 Å². The molecule has 0 radical (unpaired) electrons. The summed E-state index contributed by atoms with van der Waals surface area (Å²) in [7, 11) is 1.42. The predicted molar refractivity (Wildman–Crippen MR) is 87.7 cm³/mol. The van der Waals surface area contributed by atoms with E-state index in [2.05, 4.69) is 4.98 Å². The highest BCUT2D eigenvalue weighted by Gasteiger charge is 2.37. The summed E-state index contributed by atoms with van der Waals surface area (Å²) in [6, 6.07) is 7.44. The number of hydrogen-bond acceptors (Lipinski definition) is 3. The Bertz CT molecular complexity index is 749. The van der Waals surface area contributed by atoms with Crippen LogP contribution >= 0.6 is 11.6 Å². The molecule has 1 aromatic heterocycles. The molecule has 2 aromatic rings. The van der Waals surface area contributed by atoms with E-state index in [4.69, 9.17) is 16.3 Å². The molecule has 134 valence electrons. The van der Waals surface area contributed by atoms with Gasteiger partial charge in [-0.05, 0) is 24.6 Å². The molecule has 0 saturated carbocycles. The van der Waals surface area contributed by atoms with Crippen LogP contribution < -0.4 is 4.74 Å². The molecule has 8 heteroatoms. The quantitative estimate of drug-likeness (QED) is 0.780. The molecular weight excluding hydrogens is 357 g/mol. The molecule has 0 aliphatic heterocycles. The van der Waals surface area contributed by atoms with Crippen molar-refractivity contribution in [3.8, 4) is 5.88 Å². The van der Waals surface area contributed by atoms with Gasteiger partial charge in [0.2, 0.25) is 5.88 Å². The lowest BCUT2D eigenvalue weighted by Crippen LogP contribution is -2.28. The fourth-order valence-corrected chi connectivity index (χ4v) is 2.34. The number of ether oxygens (including phenoxy) is 1. The summed E-state index contributed by atoms with van der Waals surface area (Å²) in [5, 5.41) is 0.535. The predicted octanol–water partition coefficient (Wildman–Crippen LogP) is 4.42. The van der Waals surface area contributed by atoms with Gasteiger partial charge in [-0.2, -0.15) is 13.2 Å². The molecule has 0 bridgehead atoms. The molecule has 0 atom stereocenters. The van der Waals surface area contributed by atoms with Gasteiger partial charge < -0.3 is 9.64 Å². The van der Waals surface area contributed by atoms with Gasteiger partial charge in [0.25, 0.3) is 5.91 Å². The second-order valence-electron chi connectivity index (χ2n) is 5.29. The first-order valence-corrected chi connectivity index (χ1v) is 7.80. The van der Waals surface area contributed by atoms with Crippen LogP contribution in [0.3, 0.4) is 0 Å². The second kappa shape index (κ2) is 7.74. The smallest absolute Gasteiger partial charge is 0.417 e. The van der Waals surface area contributed by atoms with Crippen LogP contribution in [0, 0.1) is 0 Å². The van der Waals surface area contributed by atoms with Crippen molar-refractivity contribution in [2.75, 3.05) is 13.7 Å². The van der Waals surface area contributed by atoms with Crippen molar-refractivity contribution < 1.29 is 22.7 Å². The molecule has 25 heavy (non-hydrogen) atoms. The Morgan fingerprint density at radius 1 is 1.28 bits per heavy atom. The van der Waals surface area contributed by atoms with Gasteiger partial charge >= 0.3 is 6.18 Å². The zero-order valence-corrected chi connectivity index (χ0v) is 14.4. The molecule has 0 aliphatic rings. The highest BCUT2D eigenvalue weighted by atomic mass is 35.5. The molecular formula is C17H16ClF3N2O2. The van der Waals surface area contributed by atoms with Gasteiger partial charge in [-0.25, -0.2) is 4.98 Å². The number of aromatic nitrogens is 1. The standard InChI is InChI=1S/C17H16ClF3N2O2/c1-3-25-15-8-14(17(19,20)21)13(9-22-15)16(24)23(2)10-11-4-6-12(18)7-5-11/h4-9H,3,10H2,1-2H3. The van der Waals surface area contributed by atoms with Crippen molar-refractivity contribution in [2.45, 2.75) is 19.6 Å². The van der Waals surface area contributed by atoms with Crippen molar-refractivity contribution in [3.63, 3.8) is 0 Å². The third-order valence-corrected chi connectivity index (χ3v) is 3.64. The number of amides is 1. The number of nitrogens with zero attached hydrogens (tertiary/aromatic N) is 2. The average Bonchev–Trinajstić information content (AvgIpc) is 2.56. The lowest BCUT2D eigenvalue weighted by Gasteiger charge is -2.20. The molecule has 0 N–H and O–H groups in total. The number of carbonyl (C=O) groups excluding carboxylic acids is 1. The number of rotatable bonds is 5. The van der Waals surface area contributed by atoms with Gasteiger partial charge in [0.15, 0.2) is 0 Å². The van der Waals surface area contributed by atoms with Crippen LogP contribution in [0.15, 0.2) is 36.5 Å². The van der Waals surface area contributed by atoms with Gasteiger partial charge in [-0.1, -0.05) is 23.7 Å². The first-order valence-electron chi connectivity index (χ1n) is 7.42. The number of carbonyl (C=O) groups is 1. The van der Waals surface area contributed by atoms with E-state index in [1.165, 1.54) is 11.9 Å². The maximum Gasteiger partial charge on any atom is 0.417 e. The molecule has 0 unspecified atom stereocenters. The minimum atomic E-state index is -4.69. The highest BCUT2D eigenvalue weighted by molar-refractivity contribution is 6.30. The number of hydrogen-bond donors (Lipinski definition) is 0. The SMILES string of the molecule is CCOc1cc(C(F)(F)F)c(C(=O)N(C)Cc2ccc(Cl)cc2)cn1. The topological polar surface area (TPSA) is 42.4 Å². The van der Waals surface area contributed by atoms with E-state index in [1.807, 2.05) is 0 Å². The Labute approximate surface area is 148 Å². The minimum Gasteiger partial charge on any atom is -0.478 e. The summed E-state index contributed by atoms with van der Waals surface area (Å²) in [5.41, 5.74) is -0.848. The first kappa shape index (κ1) is 19.1.